The third-order valence-corrected chi connectivity index (χ3v) is 3.81. The van der Waals surface area contributed by atoms with Crippen LogP contribution in [0.15, 0.2) is 18.0 Å². The van der Waals surface area contributed by atoms with Gasteiger partial charge >= 0.3 is 0 Å². The molecule has 0 aliphatic heterocycles. The summed E-state index contributed by atoms with van der Waals surface area (Å²) in [6.45, 7) is 6.44. The van der Waals surface area contributed by atoms with Gasteiger partial charge in [-0.05, 0) is 31.6 Å². The maximum Gasteiger partial charge on any atom is 0.140 e. The number of nitrogens with zero attached hydrogens (tertiary/aromatic N) is 3. The van der Waals surface area contributed by atoms with Crippen LogP contribution < -0.4 is 5.32 Å². The zero-order valence-electron chi connectivity index (χ0n) is 11.0. The number of allylic oxidation sites excluding steroid dienone is 1. The van der Waals surface area contributed by atoms with Crippen molar-refractivity contribution in [2.24, 2.45) is 18.9 Å². The third kappa shape index (κ3) is 2.94. The van der Waals surface area contributed by atoms with Gasteiger partial charge in [0.2, 0.25) is 0 Å². The molecule has 1 aliphatic rings. The topological polar surface area (TPSA) is 42.7 Å². The highest BCUT2D eigenvalue weighted by Gasteiger charge is 2.21. The monoisotopic (exact) mass is 234 g/mol. The first-order valence-corrected chi connectivity index (χ1v) is 6.38. The van der Waals surface area contributed by atoms with Crippen molar-refractivity contribution >= 4 is 0 Å². The van der Waals surface area contributed by atoms with Crippen molar-refractivity contribution in [2.45, 2.75) is 33.2 Å². The lowest BCUT2D eigenvalue weighted by Gasteiger charge is -2.28. The van der Waals surface area contributed by atoms with Crippen LogP contribution in [-0.2, 0) is 13.6 Å². The third-order valence-electron chi connectivity index (χ3n) is 3.81. The predicted octanol–water partition coefficient (Wildman–Crippen LogP) is 1.90. The second-order valence-corrected chi connectivity index (χ2v) is 5.04. The Morgan fingerprint density at radius 1 is 1.53 bits per heavy atom. The van der Waals surface area contributed by atoms with Gasteiger partial charge in [0.15, 0.2) is 0 Å². The van der Waals surface area contributed by atoms with Crippen LogP contribution in [0.1, 0.15) is 32.5 Å². The predicted molar refractivity (Wildman–Crippen MR) is 68.4 cm³/mol. The molecule has 2 atom stereocenters. The van der Waals surface area contributed by atoms with E-state index in [4.69, 9.17) is 0 Å². The van der Waals surface area contributed by atoms with Crippen LogP contribution in [0.2, 0.25) is 0 Å². The highest BCUT2D eigenvalue weighted by Crippen LogP contribution is 2.29. The Morgan fingerprint density at radius 3 is 3.00 bits per heavy atom. The van der Waals surface area contributed by atoms with Gasteiger partial charge in [0.25, 0.3) is 0 Å². The van der Waals surface area contributed by atoms with E-state index in [0.717, 1.165) is 24.8 Å². The molecule has 0 unspecified atom stereocenters. The average molecular weight is 234 g/mol. The van der Waals surface area contributed by atoms with Crippen LogP contribution in [0.25, 0.3) is 0 Å². The zero-order chi connectivity index (χ0) is 12.3. The molecule has 1 aromatic heterocycles. The molecule has 0 bridgehead atoms. The molecular formula is C13H22N4. The number of aromatic nitrogens is 3. The first kappa shape index (κ1) is 12.3. The molecule has 0 aromatic carbocycles. The first-order chi connectivity index (χ1) is 8.18. The van der Waals surface area contributed by atoms with Crippen molar-refractivity contribution in [3.05, 3.63) is 23.8 Å². The van der Waals surface area contributed by atoms with E-state index in [9.17, 15) is 0 Å². The number of nitrogens with one attached hydrogen (secondary N) is 1. The summed E-state index contributed by atoms with van der Waals surface area (Å²) >= 11 is 0. The fourth-order valence-corrected chi connectivity index (χ4v) is 2.56. The first-order valence-electron chi connectivity index (χ1n) is 6.38. The molecule has 0 saturated carbocycles. The van der Waals surface area contributed by atoms with E-state index >= 15 is 0 Å². The van der Waals surface area contributed by atoms with E-state index in [1.807, 2.05) is 11.7 Å². The molecule has 94 valence electrons. The summed E-state index contributed by atoms with van der Waals surface area (Å²) in [7, 11) is 1.93. The minimum Gasteiger partial charge on any atom is -0.309 e. The van der Waals surface area contributed by atoms with Crippen LogP contribution in [0.4, 0.5) is 0 Å². The Morgan fingerprint density at radius 2 is 2.35 bits per heavy atom. The molecule has 1 heterocycles. The summed E-state index contributed by atoms with van der Waals surface area (Å²) in [6.07, 6.45) is 6.54. The molecule has 1 aromatic rings. The quantitative estimate of drug-likeness (QED) is 0.809. The van der Waals surface area contributed by atoms with E-state index in [-0.39, 0.29) is 0 Å². The number of rotatable bonds is 4. The molecule has 0 amide bonds. The fourth-order valence-electron chi connectivity index (χ4n) is 2.56. The smallest absolute Gasteiger partial charge is 0.140 e. The van der Waals surface area contributed by atoms with Crippen molar-refractivity contribution in [3.8, 4) is 0 Å². The Hall–Kier alpha value is -1.16. The van der Waals surface area contributed by atoms with E-state index < -0.39 is 0 Å². The Labute approximate surface area is 103 Å². The minimum absolute atomic E-state index is 0.678. The van der Waals surface area contributed by atoms with Crippen LogP contribution >= 0.6 is 0 Å². The van der Waals surface area contributed by atoms with E-state index in [0.29, 0.717) is 5.92 Å². The van der Waals surface area contributed by atoms with Gasteiger partial charge in [-0.2, -0.15) is 5.10 Å². The van der Waals surface area contributed by atoms with Crippen LogP contribution in [0, 0.1) is 11.8 Å². The maximum atomic E-state index is 4.21. The molecule has 4 nitrogen and oxygen atoms in total. The maximum absolute atomic E-state index is 4.21. The molecule has 0 fully saturated rings. The average Bonchev–Trinajstić information content (AvgIpc) is 2.69. The molecule has 1 N–H and O–H groups in total. The van der Waals surface area contributed by atoms with Crippen molar-refractivity contribution < 1.29 is 0 Å². The lowest BCUT2D eigenvalue weighted by Crippen LogP contribution is -2.30. The molecule has 0 spiro atoms. The van der Waals surface area contributed by atoms with E-state index in [1.54, 1.807) is 6.33 Å². The molecule has 4 heteroatoms. The number of hydrogen-bond donors (Lipinski definition) is 1. The molecule has 1 aliphatic carbocycles. The van der Waals surface area contributed by atoms with E-state index in [2.05, 4.69) is 35.3 Å². The van der Waals surface area contributed by atoms with Crippen molar-refractivity contribution in [1.82, 2.24) is 20.1 Å². The highest BCUT2D eigenvalue weighted by atomic mass is 15.3. The van der Waals surface area contributed by atoms with Crippen molar-refractivity contribution in [2.75, 3.05) is 6.54 Å². The van der Waals surface area contributed by atoms with Gasteiger partial charge < -0.3 is 5.32 Å². The van der Waals surface area contributed by atoms with Crippen LogP contribution in [0.5, 0.6) is 0 Å². The van der Waals surface area contributed by atoms with Crippen LogP contribution in [-0.4, -0.2) is 21.3 Å². The van der Waals surface area contributed by atoms with Gasteiger partial charge in [-0.25, -0.2) is 4.98 Å². The minimum atomic E-state index is 0.678. The summed E-state index contributed by atoms with van der Waals surface area (Å²) in [5.74, 6) is 2.46. The van der Waals surface area contributed by atoms with Crippen molar-refractivity contribution in [3.63, 3.8) is 0 Å². The van der Waals surface area contributed by atoms with Gasteiger partial charge in [0, 0.05) is 13.6 Å². The van der Waals surface area contributed by atoms with Gasteiger partial charge in [-0.15, -0.1) is 0 Å². The zero-order valence-corrected chi connectivity index (χ0v) is 11.0. The van der Waals surface area contributed by atoms with Gasteiger partial charge in [0.1, 0.15) is 12.2 Å². The van der Waals surface area contributed by atoms with Crippen LogP contribution in [0.3, 0.4) is 0 Å². The number of hydrogen-bond acceptors (Lipinski definition) is 3. The standard InChI is InChI=1S/C13H22N4/c1-10-5-4-6-11(2)12(10)7-14-8-13-15-9-16-17(13)3/h5,9,11-12,14H,4,6-8H2,1-3H3/t11-,12+/m1/s1. The summed E-state index contributed by atoms with van der Waals surface area (Å²) in [5.41, 5.74) is 1.54. The summed E-state index contributed by atoms with van der Waals surface area (Å²) < 4.78 is 1.82. The molecule has 2 rings (SSSR count). The molecule has 0 saturated heterocycles. The molecule has 0 radical (unpaired) electrons. The lowest BCUT2D eigenvalue weighted by molar-refractivity contribution is 0.348. The fraction of sp³-hybridized carbons (Fsp3) is 0.692. The lowest BCUT2D eigenvalue weighted by atomic mass is 9.80. The molecular weight excluding hydrogens is 212 g/mol. The highest BCUT2D eigenvalue weighted by molar-refractivity contribution is 5.09. The number of aryl methyl sites for hydroxylation is 1. The second-order valence-electron chi connectivity index (χ2n) is 5.04. The Kier molecular flexibility index (Phi) is 3.94. The summed E-state index contributed by atoms with van der Waals surface area (Å²) in [4.78, 5) is 4.21. The van der Waals surface area contributed by atoms with Gasteiger partial charge in [0.05, 0.1) is 6.54 Å². The van der Waals surface area contributed by atoms with Crippen molar-refractivity contribution in [1.29, 1.82) is 0 Å². The largest absolute Gasteiger partial charge is 0.309 e. The SMILES string of the molecule is CC1=CCC[C@@H](C)[C@H]1CNCc1ncnn1C. The Balaban J connectivity index is 1.84. The van der Waals surface area contributed by atoms with Gasteiger partial charge in [-0.1, -0.05) is 18.6 Å². The normalized spacial score (nSPS) is 24.8. The van der Waals surface area contributed by atoms with Gasteiger partial charge in [-0.3, -0.25) is 4.68 Å². The summed E-state index contributed by atoms with van der Waals surface area (Å²) in [6, 6.07) is 0. The Bertz CT molecular complexity index is 394. The summed E-state index contributed by atoms with van der Waals surface area (Å²) in [5, 5.41) is 7.56. The van der Waals surface area contributed by atoms with E-state index in [1.165, 1.54) is 18.4 Å². The molecule has 17 heavy (non-hydrogen) atoms. The second kappa shape index (κ2) is 5.45.